The maximum absolute atomic E-state index is 5.80. The van der Waals surface area contributed by atoms with Crippen LogP contribution in [0.4, 0.5) is 0 Å². The molecule has 0 spiro atoms. The number of hydrogen-bond donors (Lipinski definition) is 1. The molecule has 1 aromatic heterocycles. The molecule has 3 rings (SSSR count). The molecule has 1 aliphatic rings. The van der Waals surface area contributed by atoms with Gasteiger partial charge in [0.25, 0.3) is 0 Å². The second-order valence-corrected chi connectivity index (χ2v) is 7.27. The molecule has 0 aliphatic carbocycles. The van der Waals surface area contributed by atoms with Gasteiger partial charge < -0.3 is 24.2 Å². The summed E-state index contributed by atoms with van der Waals surface area (Å²) in [6, 6.07) is 10.1. The number of piperazine rings is 1. The van der Waals surface area contributed by atoms with Crippen LogP contribution in [0.3, 0.4) is 0 Å². The fourth-order valence-electron chi connectivity index (χ4n) is 3.38. The Morgan fingerprint density at radius 1 is 1.20 bits per heavy atom. The van der Waals surface area contributed by atoms with Crippen LogP contribution in [0, 0.1) is 0 Å². The lowest BCUT2D eigenvalue weighted by Gasteiger charge is -2.36. The van der Waals surface area contributed by atoms with Crippen LogP contribution in [0.15, 0.2) is 46.1 Å². The molecule has 1 aliphatic heterocycles. The lowest BCUT2D eigenvalue weighted by molar-refractivity contribution is 0.169. The fourth-order valence-corrected chi connectivity index (χ4v) is 3.38. The summed E-state index contributed by atoms with van der Waals surface area (Å²) in [7, 11) is 1.71. The fraction of sp³-hybridized carbons (Fsp3) is 0.545. The highest BCUT2D eigenvalue weighted by Gasteiger charge is 2.20. The summed E-state index contributed by atoms with van der Waals surface area (Å²) in [5.41, 5.74) is 2.12. The summed E-state index contributed by atoms with van der Waals surface area (Å²) in [6.07, 6.45) is 2.51. The standard InChI is InChI=1S/C22H33N5O3/c1-3-23-22(27-11-9-26(10-12-27)18-20-8-15-30-25-20)24-17-19-6-4-7-21(16-19)29-14-5-13-28-2/h4,6-8,15-16H,3,5,9-14,17-18H2,1-2H3,(H,23,24). The first-order valence-corrected chi connectivity index (χ1v) is 10.6. The van der Waals surface area contributed by atoms with Crippen molar-refractivity contribution in [1.29, 1.82) is 0 Å². The lowest BCUT2D eigenvalue weighted by Crippen LogP contribution is -2.52. The molecule has 2 heterocycles. The Labute approximate surface area is 178 Å². The molecule has 0 radical (unpaired) electrons. The van der Waals surface area contributed by atoms with Gasteiger partial charge in [-0.05, 0) is 24.6 Å². The van der Waals surface area contributed by atoms with Crippen LogP contribution in [-0.2, 0) is 17.8 Å². The highest BCUT2D eigenvalue weighted by atomic mass is 16.5. The van der Waals surface area contributed by atoms with Crippen molar-refractivity contribution in [2.24, 2.45) is 4.99 Å². The maximum atomic E-state index is 5.80. The predicted molar refractivity (Wildman–Crippen MR) is 117 cm³/mol. The van der Waals surface area contributed by atoms with Crippen LogP contribution in [0.5, 0.6) is 5.75 Å². The molecule has 1 fully saturated rings. The third-order valence-electron chi connectivity index (χ3n) is 4.95. The molecule has 1 aromatic carbocycles. The molecule has 0 saturated carbocycles. The third-order valence-corrected chi connectivity index (χ3v) is 4.95. The van der Waals surface area contributed by atoms with E-state index in [0.717, 1.165) is 68.7 Å². The van der Waals surface area contributed by atoms with Crippen LogP contribution >= 0.6 is 0 Å². The van der Waals surface area contributed by atoms with Crippen molar-refractivity contribution in [3.05, 3.63) is 47.9 Å². The van der Waals surface area contributed by atoms with Crippen LogP contribution in [-0.4, -0.2) is 74.0 Å². The number of methoxy groups -OCH3 is 1. The monoisotopic (exact) mass is 415 g/mol. The first-order chi connectivity index (χ1) is 14.8. The summed E-state index contributed by atoms with van der Waals surface area (Å²) in [5, 5.41) is 7.44. The van der Waals surface area contributed by atoms with Gasteiger partial charge in [-0.2, -0.15) is 0 Å². The van der Waals surface area contributed by atoms with Gasteiger partial charge in [0, 0.05) is 65.5 Å². The zero-order valence-electron chi connectivity index (χ0n) is 18.0. The quantitative estimate of drug-likeness (QED) is 0.363. The second-order valence-electron chi connectivity index (χ2n) is 7.27. The van der Waals surface area contributed by atoms with Crippen molar-refractivity contribution in [2.75, 3.05) is 53.0 Å². The van der Waals surface area contributed by atoms with E-state index in [0.29, 0.717) is 19.8 Å². The van der Waals surface area contributed by atoms with E-state index in [9.17, 15) is 0 Å². The minimum absolute atomic E-state index is 0.622. The van der Waals surface area contributed by atoms with Gasteiger partial charge in [-0.1, -0.05) is 17.3 Å². The number of aliphatic imine (C=N–C) groups is 1. The van der Waals surface area contributed by atoms with Crippen molar-refractivity contribution >= 4 is 5.96 Å². The molecular weight excluding hydrogens is 382 g/mol. The van der Waals surface area contributed by atoms with Gasteiger partial charge in [0.15, 0.2) is 5.96 Å². The van der Waals surface area contributed by atoms with Crippen molar-refractivity contribution < 1.29 is 14.0 Å². The van der Waals surface area contributed by atoms with E-state index < -0.39 is 0 Å². The summed E-state index contributed by atoms with van der Waals surface area (Å²) < 4.78 is 15.8. The molecule has 164 valence electrons. The van der Waals surface area contributed by atoms with E-state index in [-0.39, 0.29) is 0 Å². The highest BCUT2D eigenvalue weighted by Crippen LogP contribution is 2.15. The molecule has 0 bridgehead atoms. The molecule has 2 aromatic rings. The predicted octanol–water partition coefficient (Wildman–Crippen LogP) is 2.37. The summed E-state index contributed by atoms with van der Waals surface area (Å²) >= 11 is 0. The number of nitrogens with one attached hydrogen (secondary N) is 1. The van der Waals surface area contributed by atoms with Gasteiger partial charge in [-0.15, -0.1) is 0 Å². The number of ether oxygens (including phenoxy) is 2. The van der Waals surface area contributed by atoms with E-state index in [4.69, 9.17) is 19.0 Å². The van der Waals surface area contributed by atoms with Gasteiger partial charge in [-0.3, -0.25) is 4.90 Å². The molecule has 1 saturated heterocycles. The minimum atomic E-state index is 0.622. The first-order valence-electron chi connectivity index (χ1n) is 10.6. The summed E-state index contributed by atoms with van der Waals surface area (Å²) in [6.45, 7) is 9.59. The van der Waals surface area contributed by atoms with Crippen LogP contribution in [0.1, 0.15) is 24.6 Å². The number of nitrogens with zero attached hydrogens (tertiary/aromatic N) is 4. The highest BCUT2D eigenvalue weighted by molar-refractivity contribution is 5.80. The van der Waals surface area contributed by atoms with Gasteiger partial charge in [0.2, 0.25) is 0 Å². The topological polar surface area (TPSA) is 75.4 Å². The van der Waals surface area contributed by atoms with E-state index in [1.165, 1.54) is 0 Å². The Kier molecular flexibility index (Phi) is 8.99. The number of rotatable bonds is 10. The number of benzene rings is 1. The Bertz CT molecular complexity index is 758. The van der Waals surface area contributed by atoms with Gasteiger partial charge >= 0.3 is 0 Å². The largest absolute Gasteiger partial charge is 0.493 e. The number of aromatic nitrogens is 1. The van der Waals surface area contributed by atoms with Crippen molar-refractivity contribution in [2.45, 2.75) is 26.4 Å². The van der Waals surface area contributed by atoms with Crippen LogP contribution < -0.4 is 10.1 Å². The zero-order valence-corrected chi connectivity index (χ0v) is 18.0. The van der Waals surface area contributed by atoms with Crippen molar-refractivity contribution in [3.63, 3.8) is 0 Å². The summed E-state index contributed by atoms with van der Waals surface area (Å²) in [5.74, 6) is 1.84. The van der Waals surface area contributed by atoms with E-state index in [1.807, 2.05) is 18.2 Å². The Morgan fingerprint density at radius 2 is 2.07 bits per heavy atom. The van der Waals surface area contributed by atoms with Gasteiger partial charge in [-0.25, -0.2) is 4.99 Å². The van der Waals surface area contributed by atoms with Gasteiger partial charge in [0.1, 0.15) is 12.0 Å². The minimum Gasteiger partial charge on any atom is -0.493 e. The lowest BCUT2D eigenvalue weighted by atomic mass is 10.2. The Morgan fingerprint density at radius 3 is 2.80 bits per heavy atom. The third kappa shape index (κ3) is 7.03. The molecule has 8 nitrogen and oxygen atoms in total. The second kappa shape index (κ2) is 12.2. The molecule has 30 heavy (non-hydrogen) atoms. The average molecular weight is 416 g/mol. The van der Waals surface area contributed by atoms with E-state index in [1.54, 1.807) is 13.4 Å². The average Bonchev–Trinajstić information content (AvgIpc) is 3.28. The molecule has 8 heteroatoms. The normalized spacial score (nSPS) is 15.4. The van der Waals surface area contributed by atoms with E-state index >= 15 is 0 Å². The molecule has 0 unspecified atom stereocenters. The zero-order chi connectivity index (χ0) is 21.0. The van der Waals surface area contributed by atoms with Crippen molar-refractivity contribution in [3.8, 4) is 5.75 Å². The molecule has 1 N–H and O–H groups in total. The SMILES string of the molecule is CCNC(=NCc1cccc(OCCCOC)c1)N1CCN(Cc2ccon2)CC1. The first kappa shape index (κ1) is 22.1. The van der Waals surface area contributed by atoms with E-state index in [2.05, 4.69) is 39.3 Å². The number of guanidine groups is 1. The Hall–Kier alpha value is -2.58. The summed E-state index contributed by atoms with van der Waals surface area (Å²) in [4.78, 5) is 9.59. The van der Waals surface area contributed by atoms with Gasteiger partial charge in [0.05, 0.1) is 18.8 Å². The smallest absolute Gasteiger partial charge is 0.194 e. The maximum Gasteiger partial charge on any atom is 0.194 e. The van der Waals surface area contributed by atoms with Crippen LogP contribution in [0.2, 0.25) is 0 Å². The molecule has 0 amide bonds. The van der Waals surface area contributed by atoms with Crippen LogP contribution in [0.25, 0.3) is 0 Å². The Balaban J connectivity index is 1.52. The number of hydrogen-bond acceptors (Lipinski definition) is 6. The molecule has 0 atom stereocenters. The van der Waals surface area contributed by atoms with Crippen molar-refractivity contribution in [1.82, 2.24) is 20.3 Å². The molecular formula is C22H33N5O3.